The number of amides is 1. The van der Waals surface area contributed by atoms with Gasteiger partial charge in [0.05, 0.1) is 23.8 Å². The average Bonchev–Trinajstić information content (AvgIpc) is 3.27. The lowest BCUT2D eigenvalue weighted by atomic mass is 10.2. The first-order chi connectivity index (χ1) is 12.6. The van der Waals surface area contributed by atoms with Gasteiger partial charge in [-0.05, 0) is 49.7 Å². The third kappa shape index (κ3) is 4.04. The molecule has 0 atom stereocenters. The van der Waals surface area contributed by atoms with Crippen molar-refractivity contribution in [2.24, 2.45) is 0 Å². The smallest absolute Gasteiger partial charge is 0.261 e. The molecule has 0 fully saturated rings. The summed E-state index contributed by atoms with van der Waals surface area (Å²) in [5, 5.41) is 11.7. The highest BCUT2D eigenvalue weighted by Crippen LogP contribution is 2.29. The summed E-state index contributed by atoms with van der Waals surface area (Å²) < 4.78 is 0. The van der Waals surface area contributed by atoms with E-state index in [4.69, 9.17) is 0 Å². The Bertz CT molecular complexity index is 1090. The second-order valence-corrected chi connectivity index (χ2v) is 8.19. The van der Waals surface area contributed by atoms with Gasteiger partial charge in [-0.25, -0.2) is 4.98 Å². The summed E-state index contributed by atoms with van der Waals surface area (Å²) in [4.78, 5) is 20.9. The Morgan fingerprint density at radius 2 is 1.96 bits per heavy atom. The van der Waals surface area contributed by atoms with E-state index in [-0.39, 0.29) is 13.3 Å². The number of aromatic nitrogens is 3. The van der Waals surface area contributed by atoms with Crippen LogP contribution in [0.25, 0.3) is 20.7 Å². The summed E-state index contributed by atoms with van der Waals surface area (Å²) in [5.74, 6) is -0.0643. The molecular weight excluding hydrogens is 376 g/mol. The van der Waals surface area contributed by atoms with Crippen molar-refractivity contribution in [3.8, 4) is 10.4 Å². The second-order valence-electron chi connectivity index (χ2n) is 5.99. The topological polar surface area (TPSA) is 67.8 Å². The Morgan fingerprint density at radius 1 is 1.11 bits per heavy atom. The number of nitrogens with one attached hydrogen (secondary N) is 1. The van der Waals surface area contributed by atoms with Gasteiger partial charge in [0, 0.05) is 26.4 Å². The summed E-state index contributed by atoms with van der Waals surface area (Å²) in [5.41, 5.74) is 3.15. The molecule has 4 rings (SSSR count). The number of rotatable bonds is 4. The van der Waals surface area contributed by atoms with Gasteiger partial charge in [-0.15, -0.1) is 22.7 Å². The molecule has 0 aliphatic carbocycles. The van der Waals surface area contributed by atoms with Gasteiger partial charge in [0.1, 0.15) is 4.83 Å². The molecule has 4 aromatic rings. The summed E-state index contributed by atoms with van der Waals surface area (Å²) >= 11 is 3.08. The lowest BCUT2D eigenvalue weighted by Crippen LogP contribution is -2.21. The second kappa shape index (κ2) is 7.94. The molecule has 1 N–H and O–H groups in total. The first-order valence-electron chi connectivity index (χ1n) is 8.12. The van der Waals surface area contributed by atoms with Crippen LogP contribution in [-0.2, 0) is 6.54 Å². The highest BCUT2D eigenvalue weighted by atomic mass is 32.1. The number of pyridine rings is 1. The third-order valence-corrected chi connectivity index (χ3v) is 6.18. The quantitative estimate of drug-likeness (QED) is 0.527. The van der Waals surface area contributed by atoms with Crippen LogP contribution in [0.3, 0.4) is 0 Å². The Balaban J connectivity index is 0.00000210. The van der Waals surface area contributed by atoms with Gasteiger partial charge in [-0.1, -0.05) is 7.43 Å². The van der Waals surface area contributed by atoms with Crippen molar-refractivity contribution in [3.63, 3.8) is 0 Å². The van der Waals surface area contributed by atoms with E-state index in [0.29, 0.717) is 11.4 Å². The Labute approximate surface area is 166 Å². The minimum atomic E-state index is -0.0643. The summed E-state index contributed by atoms with van der Waals surface area (Å²) in [7, 11) is 0. The average molecular weight is 397 g/mol. The van der Waals surface area contributed by atoms with E-state index in [1.165, 1.54) is 11.3 Å². The normalized spacial score (nSPS) is 10.6. The van der Waals surface area contributed by atoms with E-state index >= 15 is 0 Å². The van der Waals surface area contributed by atoms with Crippen LogP contribution in [0.15, 0.2) is 42.7 Å². The van der Waals surface area contributed by atoms with E-state index < -0.39 is 0 Å². The number of fused-ring (bicyclic) bond motifs is 1. The van der Waals surface area contributed by atoms with Crippen molar-refractivity contribution in [3.05, 3.63) is 63.7 Å². The van der Waals surface area contributed by atoms with E-state index in [2.05, 4.69) is 20.5 Å². The van der Waals surface area contributed by atoms with Crippen LogP contribution in [0.5, 0.6) is 0 Å². The van der Waals surface area contributed by atoms with E-state index in [0.717, 1.165) is 36.8 Å². The van der Waals surface area contributed by atoms with Gasteiger partial charge in [0.15, 0.2) is 0 Å². The number of thiophene rings is 2. The zero-order valence-electron chi connectivity index (χ0n) is 14.3. The van der Waals surface area contributed by atoms with Crippen molar-refractivity contribution < 1.29 is 4.79 Å². The van der Waals surface area contributed by atoms with Crippen molar-refractivity contribution >= 4 is 38.8 Å². The standard InChI is InChI=1S/C19H16N4OS2.CH4/c1-11-7-12(2)23-19-15(11)8-17(26-19)18(24)20-10-14-3-4-16(25-14)13-5-6-21-22-9-13;/h3-9H,10H2,1-2H3,(H,20,24);1H4. The number of carbonyl (C=O) groups is 1. The molecule has 0 unspecified atom stereocenters. The van der Waals surface area contributed by atoms with Crippen LogP contribution in [0, 0.1) is 13.8 Å². The summed E-state index contributed by atoms with van der Waals surface area (Å²) in [6.07, 6.45) is 3.42. The van der Waals surface area contributed by atoms with Crippen molar-refractivity contribution in [1.29, 1.82) is 0 Å². The molecule has 0 saturated heterocycles. The number of hydrogen-bond donors (Lipinski definition) is 1. The van der Waals surface area contributed by atoms with Gasteiger partial charge in [0.25, 0.3) is 5.91 Å². The maximum Gasteiger partial charge on any atom is 0.261 e. The van der Waals surface area contributed by atoms with E-state index in [1.54, 1.807) is 23.7 Å². The molecule has 4 aromatic heterocycles. The van der Waals surface area contributed by atoms with Gasteiger partial charge >= 0.3 is 0 Å². The molecule has 0 aliphatic rings. The number of nitrogens with zero attached hydrogens (tertiary/aromatic N) is 3. The molecule has 0 spiro atoms. The van der Waals surface area contributed by atoms with Crippen LogP contribution in [0.2, 0.25) is 0 Å². The Hall–Kier alpha value is -2.64. The highest BCUT2D eigenvalue weighted by Gasteiger charge is 2.13. The molecule has 5 nitrogen and oxygen atoms in total. The molecule has 0 aromatic carbocycles. The number of aryl methyl sites for hydroxylation is 2. The SMILES string of the molecule is C.Cc1cc(C)c2cc(C(=O)NCc3ccc(-c4ccnnc4)s3)sc2n1. The number of carbonyl (C=O) groups excluding carboxylic acids is 1. The maximum absolute atomic E-state index is 12.5. The largest absolute Gasteiger partial charge is 0.346 e. The zero-order valence-corrected chi connectivity index (χ0v) is 15.9. The highest BCUT2D eigenvalue weighted by molar-refractivity contribution is 7.20. The fraction of sp³-hybridized carbons (Fsp3) is 0.200. The van der Waals surface area contributed by atoms with Crippen molar-refractivity contribution in [1.82, 2.24) is 20.5 Å². The number of hydrogen-bond acceptors (Lipinski definition) is 6. The van der Waals surface area contributed by atoms with Crippen LogP contribution < -0.4 is 5.32 Å². The van der Waals surface area contributed by atoms with Crippen molar-refractivity contribution in [2.45, 2.75) is 27.8 Å². The predicted octanol–water partition coefficient (Wildman–Crippen LogP) is 5.00. The van der Waals surface area contributed by atoms with Crippen LogP contribution in [-0.4, -0.2) is 21.1 Å². The summed E-state index contributed by atoms with van der Waals surface area (Å²) in [6, 6.07) is 9.96. The van der Waals surface area contributed by atoms with E-state index in [1.807, 2.05) is 44.2 Å². The molecule has 1 amide bonds. The third-order valence-electron chi connectivity index (χ3n) is 4.02. The minimum Gasteiger partial charge on any atom is -0.346 e. The molecule has 4 heterocycles. The monoisotopic (exact) mass is 396 g/mol. The molecule has 138 valence electrons. The molecule has 7 heteroatoms. The van der Waals surface area contributed by atoms with Crippen LogP contribution in [0.1, 0.15) is 33.2 Å². The van der Waals surface area contributed by atoms with Gasteiger partial charge in [0.2, 0.25) is 0 Å². The lowest BCUT2D eigenvalue weighted by molar-refractivity contribution is 0.0955. The first kappa shape index (κ1) is 19.1. The molecule has 27 heavy (non-hydrogen) atoms. The van der Waals surface area contributed by atoms with E-state index in [9.17, 15) is 4.79 Å². The molecule has 0 aliphatic heterocycles. The van der Waals surface area contributed by atoms with Crippen molar-refractivity contribution in [2.75, 3.05) is 0 Å². The van der Waals surface area contributed by atoms with Crippen LogP contribution >= 0.6 is 22.7 Å². The van der Waals surface area contributed by atoms with Gasteiger partial charge in [-0.2, -0.15) is 10.2 Å². The predicted molar refractivity (Wildman–Crippen MR) is 112 cm³/mol. The lowest BCUT2D eigenvalue weighted by Gasteiger charge is -2.00. The van der Waals surface area contributed by atoms with Gasteiger partial charge in [-0.3, -0.25) is 4.79 Å². The first-order valence-corrected chi connectivity index (χ1v) is 9.75. The molecule has 0 saturated carbocycles. The Morgan fingerprint density at radius 3 is 2.74 bits per heavy atom. The zero-order chi connectivity index (χ0) is 18.1. The molecule has 0 bridgehead atoms. The van der Waals surface area contributed by atoms with Gasteiger partial charge < -0.3 is 5.32 Å². The fourth-order valence-corrected chi connectivity index (χ4v) is 4.77. The molecule has 0 radical (unpaired) electrons. The Kier molecular flexibility index (Phi) is 5.62. The maximum atomic E-state index is 12.5. The fourth-order valence-electron chi connectivity index (χ4n) is 2.76. The van der Waals surface area contributed by atoms with Crippen LogP contribution in [0.4, 0.5) is 0 Å². The molecular formula is C20H20N4OS2. The summed E-state index contributed by atoms with van der Waals surface area (Å²) in [6.45, 7) is 4.52. The minimum absolute atomic E-state index is 0.